The van der Waals surface area contributed by atoms with Crippen LogP contribution in [0.4, 0.5) is 4.39 Å². The van der Waals surface area contributed by atoms with Gasteiger partial charge in [0.15, 0.2) is 5.96 Å². The molecule has 0 spiro atoms. The van der Waals surface area contributed by atoms with E-state index in [1.54, 1.807) is 12.1 Å². The molecule has 1 aromatic rings. The van der Waals surface area contributed by atoms with Gasteiger partial charge in [-0.15, -0.1) is 0 Å². The summed E-state index contributed by atoms with van der Waals surface area (Å²) in [5.41, 5.74) is 0.898. The standard InChI is InChI=1S/C14H19ClFN3/c1-2-17-14(18-8-10-3-4-10)19-9-11-5-6-13(16)12(15)7-11/h5-7,10H,2-4,8-9H2,1H3,(H2,17,18,19). The van der Waals surface area contributed by atoms with Crippen LogP contribution in [0.1, 0.15) is 25.3 Å². The summed E-state index contributed by atoms with van der Waals surface area (Å²) in [6.07, 6.45) is 2.61. The molecule has 0 heterocycles. The van der Waals surface area contributed by atoms with Gasteiger partial charge in [-0.25, -0.2) is 9.38 Å². The molecular weight excluding hydrogens is 265 g/mol. The van der Waals surface area contributed by atoms with Crippen LogP contribution in [0.3, 0.4) is 0 Å². The zero-order valence-corrected chi connectivity index (χ0v) is 11.8. The maximum absolute atomic E-state index is 13.0. The number of nitrogens with zero attached hydrogens (tertiary/aromatic N) is 1. The first kappa shape index (κ1) is 14.1. The minimum absolute atomic E-state index is 0.142. The topological polar surface area (TPSA) is 36.4 Å². The third kappa shape index (κ3) is 4.71. The lowest BCUT2D eigenvalue weighted by Crippen LogP contribution is -2.38. The van der Waals surface area contributed by atoms with E-state index in [-0.39, 0.29) is 5.02 Å². The fraction of sp³-hybridized carbons (Fsp3) is 0.500. The molecule has 2 N–H and O–H groups in total. The molecule has 0 bridgehead atoms. The minimum Gasteiger partial charge on any atom is -0.357 e. The summed E-state index contributed by atoms with van der Waals surface area (Å²) in [6, 6.07) is 4.69. The maximum atomic E-state index is 13.0. The van der Waals surface area contributed by atoms with Crippen LogP contribution in [0.15, 0.2) is 23.2 Å². The molecule has 2 rings (SSSR count). The second kappa shape index (κ2) is 6.75. The van der Waals surface area contributed by atoms with Crippen molar-refractivity contribution in [2.45, 2.75) is 26.3 Å². The van der Waals surface area contributed by atoms with Gasteiger partial charge in [0.1, 0.15) is 5.82 Å². The lowest BCUT2D eigenvalue weighted by molar-refractivity contribution is 0.627. The van der Waals surface area contributed by atoms with Crippen LogP contribution in [-0.4, -0.2) is 19.0 Å². The van der Waals surface area contributed by atoms with Gasteiger partial charge in [0, 0.05) is 13.1 Å². The number of rotatable bonds is 5. The van der Waals surface area contributed by atoms with E-state index in [2.05, 4.69) is 15.6 Å². The summed E-state index contributed by atoms with van der Waals surface area (Å²) in [4.78, 5) is 4.47. The largest absolute Gasteiger partial charge is 0.357 e. The zero-order chi connectivity index (χ0) is 13.7. The van der Waals surface area contributed by atoms with Crippen molar-refractivity contribution >= 4 is 17.6 Å². The van der Waals surface area contributed by atoms with Crippen molar-refractivity contribution in [1.29, 1.82) is 0 Å². The summed E-state index contributed by atoms with van der Waals surface area (Å²) >= 11 is 5.75. The summed E-state index contributed by atoms with van der Waals surface area (Å²) < 4.78 is 13.0. The highest BCUT2D eigenvalue weighted by molar-refractivity contribution is 6.30. The lowest BCUT2D eigenvalue weighted by Gasteiger charge is -2.10. The second-order valence-electron chi connectivity index (χ2n) is 4.77. The van der Waals surface area contributed by atoms with Gasteiger partial charge in [-0.3, -0.25) is 0 Å². The van der Waals surface area contributed by atoms with Gasteiger partial charge in [-0.2, -0.15) is 0 Å². The van der Waals surface area contributed by atoms with E-state index in [1.165, 1.54) is 18.9 Å². The van der Waals surface area contributed by atoms with Crippen LogP contribution in [0, 0.1) is 11.7 Å². The summed E-state index contributed by atoms with van der Waals surface area (Å²) in [7, 11) is 0. The summed E-state index contributed by atoms with van der Waals surface area (Å²) in [5.74, 6) is 1.20. The highest BCUT2D eigenvalue weighted by atomic mass is 35.5. The van der Waals surface area contributed by atoms with Crippen molar-refractivity contribution in [1.82, 2.24) is 10.6 Å². The minimum atomic E-state index is -0.395. The first-order valence-corrected chi connectivity index (χ1v) is 7.03. The smallest absolute Gasteiger partial charge is 0.191 e. The number of guanidine groups is 1. The van der Waals surface area contributed by atoms with Crippen LogP contribution in [-0.2, 0) is 6.54 Å². The third-order valence-corrected chi connectivity index (χ3v) is 3.29. The van der Waals surface area contributed by atoms with Crippen LogP contribution < -0.4 is 10.6 Å². The number of benzene rings is 1. The molecule has 104 valence electrons. The van der Waals surface area contributed by atoms with E-state index in [9.17, 15) is 4.39 Å². The fourth-order valence-electron chi connectivity index (χ4n) is 1.71. The Morgan fingerprint density at radius 2 is 2.21 bits per heavy atom. The quantitative estimate of drug-likeness (QED) is 0.644. The highest BCUT2D eigenvalue weighted by Gasteiger charge is 2.20. The van der Waals surface area contributed by atoms with Crippen molar-refractivity contribution in [3.05, 3.63) is 34.6 Å². The van der Waals surface area contributed by atoms with E-state index < -0.39 is 5.82 Å². The van der Waals surface area contributed by atoms with Crippen molar-refractivity contribution in [3.63, 3.8) is 0 Å². The van der Waals surface area contributed by atoms with E-state index in [4.69, 9.17) is 11.6 Å². The van der Waals surface area contributed by atoms with Crippen molar-refractivity contribution < 1.29 is 4.39 Å². The first-order chi connectivity index (χ1) is 9.19. The lowest BCUT2D eigenvalue weighted by atomic mass is 10.2. The molecule has 3 nitrogen and oxygen atoms in total. The molecule has 0 atom stereocenters. The van der Waals surface area contributed by atoms with Gasteiger partial charge >= 0.3 is 0 Å². The van der Waals surface area contributed by atoms with Gasteiger partial charge in [0.25, 0.3) is 0 Å². The summed E-state index contributed by atoms with van der Waals surface area (Å²) in [6.45, 7) is 4.31. The Labute approximate surface area is 118 Å². The van der Waals surface area contributed by atoms with Gasteiger partial charge in [0.2, 0.25) is 0 Å². The van der Waals surface area contributed by atoms with E-state index in [0.717, 1.165) is 30.5 Å². The number of aliphatic imine (C=N–C) groups is 1. The number of hydrogen-bond donors (Lipinski definition) is 2. The van der Waals surface area contributed by atoms with Crippen molar-refractivity contribution in [2.24, 2.45) is 10.9 Å². The van der Waals surface area contributed by atoms with Gasteiger partial charge in [-0.05, 0) is 43.4 Å². The third-order valence-electron chi connectivity index (χ3n) is 3.00. The van der Waals surface area contributed by atoms with Gasteiger partial charge in [0.05, 0.1) is 11.6 Å². The molecule has 1 aliphatic carbocycles. The molecule has 1 fully saturated rings. The molecule has 0 aliphatic heterocycles. The van der Waals surface area contributed by atoms with E-state index >= 15 is 0 Å². The fourth-order valence-corrected chi connectivity index (χ4v) is 1.92. The van der Waals surface area contributed by atoms with Crippen LogP contribution in [0.2, 0.25) is 5.02 Å². The molecule has 1 aromatic carbocycles. The molecule has 0 amide bonds. The normalized spacial score (nSPS) is 15.4. The Balaban J connectivity index is 1.93. The van der Waals surface area contributed by atoms with Crippen LogP contribution in [0.5, 0.6) is 0 Å². The van der Waals surface area contributed by atoms with Gasteiger partial charge < -0.3 is 10.6 Å². The molecular formula is C14H19ClFN3. The number of hydrogen-bond acceptors (Lipinski definition) is 1. The maximum Gasteiger partial charge on any atom is 0.191 e. The Kier molecular flexibility index (Phi) is 5.02. The van der Waals surface area contributed by atoms with Crippen LogP contribution in [0.25, 0.3) is 0 Å². The van der Waals surface area contributed by atoms with Crippen molar-refractivity contribution in [3.8, 4) is 0 Å². The Bertz CT molecular complexity index is 458. The molecule has 0 saturated heterocycles. The average molecular weight is 284 g/mol. The first-order valence-electron chi connectivity index (χ1n) is 6.65. The molecule has 5 heteroatoms. The van der Waals surface area contributed by atoms with E-state index in [0.29, 0.717) is 6.54 Å². The molecule has 1 saturated carbocycles. The van der Waals surface area contributed by atoms with E-state index in [1.807, 2.05) is 6.92 Å². The highest BCUT2D eigenvalue weighted by Crippen LogP contribution is 2.27. The SMILES string of the molecule is CCNC(=NCc1ccc(F)c(Cl)c1)NCC1CC1. The molecule has 0 aromatic heterocycles. The second-order valence-corrected chi connectivity index (χ2v) is 5.18. The monoisotopic (exact) mass is 283 g/mol. The Morgan fingerprint density at radius 1 is 1.42 bits per heavy atom. The zero-order valence-electron chi connectivity index (χ0n) is 11.0. The van der Waals surface area contributed by atoms with Crippen LogP contribution >= 0.6 is 11.6 Å². The molecule has 0 radical (unpaired) electrons. The number of nitrogens with one attached hydrogen (secondary N) is 2. The average Bonchev–Trinajstić information content (AvgIpc) is 3.21. The van der Waals surface area contributed by atoms with Gasteiger partial charge in [-0.1, -0.05) is 17.7 Å². The Hall–Kier alpha value is -1.29. The van der Waals surface area contributed by atoms with Crippen molar-refractivity contribution in [2.75, 3.05) is 13.1 Å². The number of halogens is 2. The molecule has 19 heavy (non-hydrogen) atoms. The predicted octanol–water partition coefficient (Wildman–Crippen LogP) is 2.94. The molecule has 0 unspecified atom stereocenters. The summed E-state index contributed by atoms with van der Waals surface area (Å²) in [5, 5.41) is 6.65. The molecule has 1 aliphatic rings. The Morgan fingerprint density at radius 3 is 2.84 bits per heavy atom. The predicted molar refractivity (Wildman–Crippen MR) is 77.0 cm³/mol.